The molecule has 0 spiro atoms. The van der Waals surface area contributed by atoms with Crippen molar-refractivity contribution in [3.63, 3.8) is 0 Å². The maximum atomic E-state index is 12.4. The minimum absolute atomic E-state index is 0.208. The summed E-state index contributed by atoms with van der Waals surface area (Å²) < 4.78 is 3.99. The zero-order chi connectivity index (χ0) is 14.8. The van der Waals surface area contributed by atoms with Gasteiger partial charge in [-0.05, 0) is 18.8 Å². The molecule has 1 amide bonds. The number of carbonyl (C=O) groups is 1. The van der Waals surface area contributed by atoms with Gasteiger partial charge < -0.3 is 21.3 Å². The van der Waals surface area contributed by atoms with Crippen LogP contribution >= 0.6 is 11.5 Å². The first-order valence-electron chi connectivity index (χ1n) is 7.51. The number of piperazine rings is 1. The summed E-state index contributed by atoms with van der Waals surface area (Å²) in [7, 11) is 0. The molecule has 116 valence electrons. The average molecular weight is 310 g/mol. The molecule has 7 nitrogen and oxygen atoms in total. The highest BCUT2D eigenvalue weighted by Gasteiger charge is 2.29. The van der Waals surface area contributed by atoms with Crippen molar-refractivity contribution in [2.45, 2.75) is 31.7 Å². The Labute approximate surface area is 128 Å². The largest absolute Gasteiger partial charge is 0.367 e. The van der Waals surface area contributed by atoms with Gasteiger partial charge in [-0.1, -0.05) is 6.42 Å². The van der Waals surface area contributed by atoms with Gasteiger partial charge in [0.1, 0.15) is 0 Å². The molecule has 2 atom stereocenters. The van der Waals surface area contributed by atoms with E-state index in [0.29, 0.717) is 18.3 Å². The van der Waals surface area contributed by atoms with Crippen molar-refractivity contribution in [3.05, 3.63) is 0 Å². The molecule has 1 aliphatic carbocycles. The number of nitrogens with two attached hydrogens (primary N) is 2. The molecule has 1 aliphatic heterocycles. The van der Waals surface area contributed by atoms with E-state index in [1.54, 1.807) is 0 Å². The van der Waals surface area contributed by atoms with Crippen molar-refractivity contribution in [1.82, 2.24) is 14.3 Å². The number of rotatable bonds is 3. The highest BCUT2D eigenvalue weighted by Crippen LogP contribution is 2.28. The van der Waals surface area contributed by atoms with Gasteiger partial charge in [0.25, 0.3) is 0 Å². The first-order chi connectivity index (χ1) is 10.1. The molecule has 0 aromatic carbocycles. The van der Waals surface area contributed by atoms with Crippen molar-refractivity contribution in [3.8, 4) is 0 Å². The Morgan fingerprint density at radius 1 is 1.29 bits per heavy atom. The molecule has 1 aromatic heterocycles. The molecular formula is C13H22N6OS. The number of amides is 1. The van der Waals surface area contributed by atoms with E-state index in [0.717, 1.165) is 50.6 Å². The maximum absolute atomic E-state index is 12.4. The Balaban J connectivity index is 1.50. The Kier molecular flexibility index (Phi) is 4.25. The van der Waals surface area contributed by atoms with Crippen LogP contribution in [0.15, 0.2) is 0 Å². The lowest BCUT2D eigenvalue weighted by molar-refractivity contribution is -0.132. The van der Waals surface area contributed by atoms with Crippen LogP contribution in [0.3, 0.4) is 0 Å². The molecule has 1 saturated carbocycles. The summed E-state index contributed by atoms with van der Waals surface area (Å²) in [6.45, 7) is 3.05. The first kappa shape index (κ1) is 14.5. The zero-order valence-corrected chi connectivity index (χ0v) is 12.9. The van der Waals surface area contributed by atoms with Crippen molar-refractivity contribution in [2.24, 2.45) is 11.7 Å². The first-order valence-corrected chi connectivity index (χ1v) is 8.28. The molecule has 1 saturated heterocycles. The second-order valence-electron chi connectivity index (χ2n) is 5.86. The molecule has 2 aliphatic rings. The fourth-order valence-electron chi connectivity index (χ4n) is 3.17. The topological polar surface area (TPSA) is 101 Å². The van der Waals surface area contributed by atoms with Gasteiger partial charge in [-0.2, -0.15) is 9.36 Å². The van der Waals surface area contributed by atoms with Crippen molar-refractivity contribution in [2.75, 3.05) is 36.8 Å². The monoisotopic (exact) mass is 310 g/mol. The smallest absolute Gasteiger partial charge is 0.233 e. The van der Waals surface area contributed by atoms with Gasteiger partial charge in [0.05, 0.1) is 0 Å². The van der Waals surface area contributed by atoms with Crippen LogP contribution in [0.2, 0.25) is 0 Å². The molecule has 2 heterocycles. The highest BCUT2D eigenvalue weighted by molar-refractivity contribution is 7.09. The van der Waals surface area contributed by atoms with Crippen LogP contribution in [0.4, 0.5) is 11.1 Å². The van der Waals surface area contributed by atoms with Gasteiger partial charge in [-0.25, -0.2) is 0 Å². The summed E-state index contributed by atoms with van der Waals surface area (Å²) in [5, 5.41) is 0.845. The lowest BCUT2D eigenvalue weighted by Crippen LogP contribution is -2.49. The predicted octanol–water partition coefficient (Wildman–Crippen LogP) is 0.286. The van der Waals surface area contributed by atoms with Crippen LogP contribution in [-0.2, 0) is 4.79 Å². The number of nitrogens with zero attached hydrogens (tertiary/aromatic N) is 4. The lowest BCUT2D eigenvalue weighted by atomic mass is 9.99. The predicted molar refractivity (Wildman–Crippen MR) is 83.0 cm³/mol. The number of nitrogen functional groups attached to an aromatic ring is 1. The Morgan fingerprint density at radius 2 is 2.05 bits per heavy atom. The summed E-state index contributed by atoms with van der Waals surface area (Å²) in [6.07, 6.45) is 3.92. The molecule has 0 unspecified atom stereocenters. The van der Waals surface area contributed by atoms with Crippen LogP contribution in [0.5, 0.6) is 0 Å². The quantitative estimate of drug-likeness (QED) is 0.832. The normalized spacial score (nSPS) is 26.3. The molecule has 1 aromatic rings. The third-order valence-electron chi connectivity index (χ3n) is 4.49. The van der Waals surface area contributed by atoms with Crippen LogP contribution in [0.1, 0.15) is 25.7 Å². The fraction of sp³-hybridized carbons (Fsp3) is 0.769. The van der Waals surface area contributed by atoms with Crippen LogP contribution in [0, 0.1) is 5.92 Å². The van der Waals surface area contributed by atoms with E-state index in [1.807, 2.05) is 4.90 Å². The van der Waals surface area contributed by atoms with Gasteiger partial charge in [-0.3, -0.25) is 4.79 Å². The van der Waals surface area contributed by atoms with Gasteiger partial charge in [0.15, 0.2) is 0 Å². The number of aromatic nitrogens is 2. The van der Waals surface area contributed by atoms with Gasteiger partial charge in [0, 0.05) is 50.2 Å². The molecule has 21 heavy (non-hydrogen) atoms. The molecule has 0 radical (unpaired) electrons. The Bertz CT molecular complexity index is 499. The van der Waals surface area contributed by atoms with Gasteiger partial charge in [0.2, 0.25) is 17.0 Å². The maximum Gasteiger partial charge on any atom is 0.233 e. The summed E-state index contributed by atoms with van der Waals surface area (Å²) in [5.41, 5.74) is 11.6. The molecule has 2 fully saturated rings. The Morgan fingerprint density at radius 3 is 2.62 bits per heavy atom. The minimum Gasteiger partial charge on any atom is -0.367 e. The third-order valence-corrected chi connectivity index (χ3v) is 5.28. The van der Waals surface area contributed by atoms with Crippen LogP contribution in [-0.4, -0.2) is 52.4 Å². The second-order valence-corrected chi connectivity index (χ2v) is 6.59. The number of carbonyl (C=O) groups excluding carboxylic acids is 1. The summed E-state index contributed by atoms with van der Waals surface area (Å²) >= 11 is 1.31. The summed E-state index contributed by atoms with van der Waals surface area (Å²) in [6, 6.07) is 0.208. The molecular weight excluding hydrogens is 288 g/mol. The van der Waals surface area contributed by atoms with E-state index >= 15 is 0 Å². The van der Waals surface area contributed by atoms with Crippen LogP contribution < -0.4 is 16.4 Å². The minimum atomic E-state index is 0.208. The average Bonchev–Trinajstić information content (AvgIpc) is 3.08. The van der Waals surface area contributed by atoms with Crippen molar-refractivity contribution < 1.29 is 4.79 Å². The molecule has 3 rings (SSSR count). The molecule has 4 N–H and O–H groups in total. The van der Waals surface area contributed by atoms with Crippen molar-refractivity contribution in [1.29, 1.82) is 0 Å². The van der Waals surface area contributed by atoms with Gasteiger partial charge in [-0.15, -0.1) is 0 Å². The summed E-state index contributed by atoms with van der Waals surface area (Å²) in [5.74, 6) is 0.941. The molecule has 0 bridgehead atoms. The highest BCUT2D eigenvalue weighted by atomic mass is 32.1. The van der Waals surface area contributed by atoms with E-state index in [9.17, 15) is 4.79 Å². The lowest BCUT2D eigenvalue weighted by Gasteiger charge is -2.35. The number of hydrogen-bond donors (Lipinski definition) is 2. The number of hydrogen-bond acceptors (Lipinski definition) is 7. The SMILES string of the molecule is Nc1nsc(N2CCN(C(=O)C[C@@H]3CCC[C@H]3N)CC2)n1. The second kappa shape index (κ2) is 6.15. The standard InChI is InChI=1S/C13H22N6OS/c14-10-3-1-2-9(10)8-11(20)18-4-6-19(7-5-18)13-16-12(15)17-21-13/h9-10H,1-8,14H2,(H2,15,17)/t9-,10+/m0/s1. The van der Waals surface area contributed by atoms with E-state index in [2.05, 4.69) is 14.3 Å². The van der Waals surface area contributed by atoms with E-state index in [-0.39, 0.29) is 11.9 Å². The number of anilines is 2. The van der Waals surface area contributed by atoms with E-state index in [4.69, 9.17) is 11.5 Å². The van der Waals surface area contributed by atoms with Gasteiger partial charge >= 0.3 is 0 Å². The van der Waals surface area contributed by atoms with E-state index < -0.39 is 0 Å². The fourth-order valence-corrected chi connectivity index (χ4v) is 3.82. The zero-order valence-electron chi connectivity index (χ0n) is 12.1. The third kappa shape index (κ3) is 3.26. The summed E-state index contributed by atoms with van der Waals surface area (Å²) in [4.78, 5) is 20.6. The van der Waals surface area contributed by atoms with Crippen LogP contribution in [0.25, 0.3) is 0 Å². The van der Waals surface area contributed by atoms with Crippen molar-refractivity contribution >= 4 is 28.5 Å². The molecule has 8 heteroatoms. The van der Waals surface area contributed by atoms with E-state index in [1.165, 1.54) is 11.5 Å². The Hall–Kier alpha value is -1.41.